The average molecular weight is 322 g/mol. The van der Waals surface area contributed by atoms with Gasteiger partial charge in [0, 0.05) is 9.58 Å². The van der Waals surface area contributed by atoms with E-state index in [1.165, 1.54) is 23.5 Å². The molecule has 0 radical (unpaired) electrons. The maximum absolute atomic E-state index is 12.4. The molecule has 0 aliphatic heterocycles. The lowest BCUT2D eigenvalue weighted by atomic mass is 10.1. The molecule has 0 fully saturated rings. The van der Waals surface area contributed by atoms with Crippen LogP contribution in [0.4, 0.5) is 13.2 Å². The van der Waals surface area contributed by atoms with Crippen LogP contribution in [-0.4, -0.2) is 12.6 Å². The first-order valence-corrected chi connectivity index (χ1v) is 7.12. The molecule has 6 heteroatoms. The van der Waals surface area contributed by atoms with Gasteiger partial charge in [-0.05, 0) is 35.2 Å². The molecule has 0 spiro atoms. The van der Waals surface area contributed by atoms with Gasteiger partial charge in [-0.1, -0.05) is 24.3 Å². The lowest BCUT2D eigenvalue weighted by Gasteiger charge is -2.11. The summed E-state index contributed by atoms with van der Waals surface area (Å²) in [6, 6.07) is 13.7. The molecule has 2 aromatic carbocycles. The van der Waals surface area contributed by atoms with Crippen LogP contribution < -0.4 is 4.74 Å². The summed E-state index contributed by atoms with van der Waals surface area (Å²) in [6.45, 7) is 0. The van der Waals surface area contributed by atoms with Crippen LogP contribution in [0.25, 0.3) is 20.5 Å². The predicted octanol–water partition coefficient (Wildman–Crippen LogP) is 5.28. The van der Waals surface area contributed by atoms with Gasteiger partial charge in [0.2, 0.25) is 0 Å². The summed E-state index contributed by atoms with van der Waals surface area (Å²) in [5.74, 6) is -0.488. The molecule has 0 aliphatic rings. The van der Waals surface area contributed by atoms with Crippen molar-refractivity contribution in [3.8, 4) is 16.2 Å². The topological polar surface area (TPSA) is 26.3 Å². The number of carbonyl (C=O) groups is 1. The Bertz CT molecular complexity index is 804. The third kappa shape index (κ3) is 2.96. The molecule has 0 bridgehead atoms. The summed E-state index contributed by atoms with van der Waals surface area (Å²) in [6.07, 6.45) is -4.49. The second-order valence-corrected chi connectivity index (χ2v) is 5.65. The molecule has 0 saturated heterocycles. The molecular weight excluding hydrogens is 313 g/mol. The number of ether oxygens (including phenoxy) is 1. The fraction of sp³-hybridized carbons (Fsp3) is 0.0625. The third-order valence-corrected chi connectivity index (χ3v) is 4.24. The molecule has 0 amide bonds. The Morgan fingerprint density at radius 2 is 1.82 bits per heavy atom. The third-order valence-electron chi connectivity index (χ3n) is 3.08. The van der Waals surface area contributed by atoms with E-state index in [0.717, 1.165) is 15.0 Å². The van der Waals surface area contributed by atoms with E-state index in [1.807, 2.05) is 30.3 Å². The number of alkyl halides is 3. The van der Waals surface area contributed by atoms with Gasteiger partial charge >= 0.3 is 6.36 Å². The number of hydrogen-bond donors (Lipinski definition) is 0. The minimum Gasteiger partial charge on any atom is -0.405 e. The molecule has 0 N–H and O–H groups in total. The standard InChI is InChI=1S/C16H9F3O2S/c17-16(18,19)21-13-7-11(5-6-12(13)9-20)15-8-10-3-1-2-4-14(10)22-15/h1-9H. The first-order chi connectivity index (χ1) is 10.5. The molecule has 112 valence electrons. The van der Waals surface area contributed by atoms with Crippen molar-refractivity contribution < 1.29 is 22.7 Å². The van der Waals surface area contributed by atoms with Crippen molar-refractivity contribution in [3.63, 3.8) is 0 Å². The molecule has 0 unspecified atom stereocenters. The van der Waals surface area contributed by atoms with Gasteiger partial charge in [-0.2, -0.15) is 0 Å². The first-order valence-electron chi connectivity index (χ1n) is 6.30. The Morgan fingerprint density at radius 1 is 1.05 bits per heavy atom. The summed E-state index contributed by atoms with van der Waals surface area (Å²) in [5.41, 5.74) is 0.438. The average Bonchev–Trinajstić information content (AvgIpc) is 2.89. The van der Waals surface area contributed by atoms with Crippen molar-refractivity contribution in [1.82, 2.24) is 0 Å². The number of thiophene rings is 1. The summed E-state index contributed by atoms with van der Waals surface area (Å²) in [7, 11) is 0. The molecular formula is C16H9F3O2S. The van der Waals surface area contributed by atoms with Gasteiger partial charge < -0.3 is 4.74 Å². The Morgan fingerprint density at radius 3 is 2.50 bits per heavy atom. The van der Waals surface area contributed by atoms with E-state index in [-0.39, 0.29) is 5.56 Å². The van der Waals surface area contributed by atoms with Gasteiger partial charge in [-0.15, -0.1) is 24.5 Å². The molecule has 0 atom stereocenters. The molecule has 3 rings (SSSR count). The number of rotatable bonds is 3. The number of carbonyl (C=O) groups excluding carboxylic acids is 1. The van der Waals surface area contributed by atoms with Crippen molar-refractivity contribution in [1.29, 1.82) is 0 Å². The highest BCUT2D eigenvalue weighted by molar-refractivity contribution is 7.22. The summed E-state index contributed by atoms with van der Waals surface area (Å²) in [5, 5.41) is 1.01. The highest BCUT2D eigenvalue weighted by Gasteiger charge is 2.32. The Labute approximate surface area is 127 Å². The zero-order valence-electron chi connectivity index (χ0n) is 11.1. The van der Waals surface area contributed by atoms with Gasteiger partial charge in [-0.3, -0.25) is 4.79 Å². The van der Waals surface area contributed by atoms with Gasteiger partial charge in [-0.25, -0.2) is 0 Å². The highest BCUT2D eigenvalue weighted by atomic mass is 32.1. The van der Waals surface area contributed by atoms with Crippen LogP contribution >= 0.6 is 11.3 Å². The predicted molar refractivity (Wildman–Crippen MR) is 79.3 cm³/mol. The SMILES string of the molecule is O=Cc1ccc(-c2cc3ccccc3s2)cc1OC(F)(F)F. The zero-order chi connectivity index (χ0) is 15.7. The van der Waals surface area contributed by atoms with Gasteiger partial charge in [0.05, 0.1) is 5.56 Å². The van der Waals surface area contributed by atoms with Crippen LogP contribution in [0.5, 0.6) is 5.75 Å². The van der Waals surface area contributed by atoms with E-state index >= 15 is 0 Å². The number of benzene rings is 2. The van der Waals surface area contributed by atoms with Crippen molar-refractivity contribution >= 4 is 27.7 Å². The zero-order valence-corrected chi connectivity index (χ0v) is 11.9. The van der Waals surface area contributed by atoms with E-state index in [2.05, 4.69) is 4.74 Å². The molecule has 0 aliphatic carbocycles. The van der Waals surface area contributed by atoms with Crippen LogP contribution in [0.3, 0.4) is 0 Å². The van der Waals surface area contributed by atoms with E-state index in [4.69, 9.17) is 0 Å². The number of fused-ring (bicyclic) bond motifs is 1. The van der Waals surface area contributed by atoms with Crippen molar-refractivity contribution in [2.45, 2.75) is 6.36 Å². The molecule has 1 heterocycles. The molecule has 0 saturated carbocycles. The van der Waals surface area contributed by atoms with Crippen LogP contribution in [0.1, 0.15) is 10.4 Å². The van der Waals surface area contributed by atoms with Gasteiger partial charge in [0.25, 0.3) is 0 Å². The van der Waals surface area contributed by atoms with Gasteiger partial charge in [0.1, 0.15) is 5.75 Å². The lowest BCUT2D eigenvalue weighted by Crippen LogP contribution is -2.18. The Kier molecular flexibility index (Phi) is 3.62. The summed E-state index contributed by atoms with van der Waals surface area (Å²) in [4.78, 5) is 11.7. The van der Waals surface area contributed by atoms with E-state index in [1.54, 1.807) is 6.07 Å². The first kappa shape index (κ1) is 14.6. The highest BCUT2D eigenvalue weighted by Crippen LogP contribution is 2.36. The smallest absolute Gasteiger partial charge is 0.405 e. The minimum atomic E-state index is -4.84. The number of aldehydes is 1. The second-order valence-electron chi connectivity index (χ2n) is 4.57. The molecule has 3 aromatic rings. The van der Waals surface area contributed by atoms with E-state index in [9.17, 15) is 18.0 Å². The fourth-order valence-electron chi connectivity index (χ4n) is 2.12. The normalized spacial score (nSPS) is 11.6. The van der Waals surface area contributed by atoms with Crippen LogP contribution in [0.15, 0.2) is 48.5 Å². The maximum atomic E-state index is 12.4. The molecule has 1 aromatic heterocycles. The maximum Gasteiger partial charge on any atom is 0.573 e. The number of halogens is 3. The van der Waals surface area contributed by atoms with Gasteiger partial charge in [0.15, 0.2) is 6.29 Å². The summed E-state index contributed by atoms with van der Waals surface area (Å²) >= 11 is 1.47. The minimum absolute atomic E-state index is 0.137. The van der Waals surface area contributed by atoms with Crippen molar-refractivity contribution in [2.75, 3.05) is 0 Å². The van der Waals surface area contributed by atoms with Crippen LogP contribution in [0.2, 0.25) is 0 Å². The number of hydrogen-bond acceptors (Lipinski definition) is 3. The fourth-order valence-corrected chi connectivity index (χ4v) is 3.18. The van der Waals surface area contributed by atoms with E-state index in [0.29, 0.717) is 11.8 Å². The van der Waals surface area contributed by atoms with Crippen LogP contribution in [-0.2, 0) is 0 Å². The van der Waals surface area contributed by atoms with Crippen molar-refractivity contribution in [2.24, 2.45) is 0 Å². The largest absolute Gasteiger partial charge is 0.573 e. The monoisotopic (exact) mass is 322 g/mol. The Hall–Kier alpha value is -2.34. The van der Waals surface area contributed by atoms with E-state index < -0.39 is 12.1 Å². The Balaban J connectivity index is 2.07. The quantitative estimate of drug-likeness (QED) is 0.613. The van der Waals surface area contributed by atoms with Crippen molar-refractivity contribution in [3.05, 3.63) is 54.1 Å². The molecule has 2 nitrogen and oxygen atoms in total. The van der Waals surface area contributed by atoms with Crippen LogP contribution in [0, 0.1) is 0 Å². The second kappa shape index (κ2) is 5.46. The lowest BCUT2D eigenvalue weighted by molar-refractivity contribution is -0.274. The molecule has 22 heavy (non-hydrogen) atoms. The summed E-state index contributed by atoms with van der Waals surface area (Å²) < 4.78 is 42.2.